The second kappa shape index (κ2) is 9.09. The molecule has 0 saturated heterocycles. The van der Waals surface area contributed by atoms with Crippen molar-refractivity contribution in [3.05, 3.63) is 53.9 Å². The lowest BCUT2D eigenvalue weighted by atomic mass is 9.88. The van der Waals surface area contributed by atoms with Crippen molar-refractivity contribution in [2.75, 3.05) is 17.7 Å². The van der Waals surface area contributed by atoms with Crippen LogP contribution in [0.4, 0.5) is 16.5 Å². The third kappa shape index (κ3) is 4.95. The molecule has 5 nitrogen and oxygen atoms in total. The zero-order valence-corrected chi connectivity index (χ0v) is 17.3. The standard InChI is InChI=1S/C23H25N3O2S/c1-28-20-9-5-8-19(14-20)25-23-26-21(15-29-23)16-10-12-18(13-11-16)24-22(27)17-6-3-2-4-7-17/h5,8-15,17H,2-4,6-7H2,1H3,(H,24,27)(H,25,26). The maximum absolute atomic E-state index is 12.4. The fourth-order valence-electron chi connectivity index (χ4n) is 3.62. The smallest absolute Gasteiger partial charge is 0.227 e. The van der Waals surface area contributed by atoms with Gasteiger partial charge in [-0.25, -0.2) is 4.98 Å². The van der Waals surface area contributed by atoms with Crippen molar-refractivity contribution in [1.29, 1.82) is 0 Å². The van der Waals surface area contributed by atoms with Gasteiger partial charge in [0.15, 0.2) is 5.13 Å². The summed E-state index contributed by atoms with van der Waals surface area (Å²) < 4.78 is 5.26. The molecule has 150 valence electrons. The maximum Gasteiger partial charge on any atom is 0.227 e. The van der Waals surface area contributed by atoms with E-state index in [0.29, 0.717) is 0 Å². The van der Waals surface area contributed by atoms with Crippen molar-refractivity contribution >= 4 is 33.8 Å². The van der Waals surface area contributed by atoms with Crippen LogP contribution in [0.25, 0.3) is 11.3 Å². The summed E-state index contributed by atoms with van der Waals surface area (Å²) in [6.45, 7) is 0. The van der Waals surface area contributed by atoms with Gasteiger partial charge in [0, 0.05) is 34.3 Å². The van der Waals surface area contributed by atoms with E-state index in [1.807, 2.05) is 53.9 Å². The van der Waals surface area contributed by atoms with Gasteiger partial charge in [0.1, 0.15) is 5.75 Å². The lowest BCUT2D eigenvalue weighted by Gasteiger charge is -2.20. The number of aromatic nitrogens is 1. The molecule has 1 fully saturated rings. The molecule has 1 aromatic heterocycles. The Morgan fingerprint density at radius 2 is 1.86 bits per heavy atom. The Bertz CT molecular complexity index is 962. The van der Waals surface area contributed by atoms with E-state index < -0.39 is 0 Å². The van der Waals surface area contributed by atoms with Crippen LogP contribution in [0.5, 0.6) is 5.75 Å². The molecule has 1 amide bonds. The predicted octanol–water partition coefficient (Wildman–Crippen LogP) is 6.08. The van der Waals surface area contributed by atoms with E-state index in [2.05, 4.69) is 15.6 Å². The highest BCUT2D eigenvalue weighted by Gasteiger charge is 2.21. The number of nitrogens with zero attached hydrogens (tertiary/aromatic N) is 1. The van der Waals surface area contributed by atoms with Gasteiger partial charge in [0.2, 0.25) is 5.91 Å². The van der Waals surface area contributed by atoms with Gasteiger partial charge in [0.05, 0.1) is 12.8 Å². The van der Waals surface area contributed by atoms with Gasteiger partial charge in [0.25, 0.3) is 0 Å². The minimum Gasteiger partial charge on any atom is -0.497 e. The van der Waals surface area contributed by atoms with Crippen molar-refractivity contribution in [1.82, 2.24) is 4.98 Å². The summed E-state index contributed by atoms with van der Waals surface area (Å²) in [6.07, 6.45) is 5.58. The third-order valence-corrected chi connectivity index (χ3v) is 6.01. The first-order chi connectivity index (χ1) is 14.2. The number of nitrogens with one attached hydrogen (secondary N) is 2. The molecule has 2 N–H and O–H groups in total. The number of thiazole rings is 1. The van der Waals surface area contributed by atoms with Gasteiger partial charge in [-0.2, -0.15) is 0 Å². The number of hydrogen-bond donors (Lipinski definition) is 2. The number of hydrogen-bond acceptors (Lipinski definition) is 5. The summed E-state index contributed by atoms with van der Waals surface area (Å²) in [5.41, 5.74) is 3.71. The topological polar surface area (TPSA) is 63.2 Å². The summed E-state index contributed by atoms with van der Waals surface area (Å²) in [5, 5.41) is 9.22. The van der Waals surface area contributed by atoms with Crippen LogP contribution in [-0.4, -0.2) is 18.0 Å². The van der Waals surface area contributed by atoms with Crippen LogP contribution in [-0.2, 0) is 4.79 Å². The van der Waals surface area contributed by atoms with E-state index in [9.17, 15) is 4.79 Å². The van der Waals surface area contributed by atoms with Crippen molar-refractivity contribution < 1.29 is 9.53 Å². The van der Waals surface area contributed by atoms with E-state index in [1.54, 1.807) is 18.4 Å². The van der Waals surface area contributed by atoms with Crippen LogP contribution in [0.2, 0.25) is 0 Å². The summed E-state index contributed by atoms with van der Waals surface area (Å²) in [6, 6.07) is 15.7. The van der Waals surface area contributed by atoms with Gasteiger partial charge < -0.3 is 15.4 Å². The van der Waals surface area contributed by atoms with Crippen LogP contribution in [0.15, 0.2) is 53.9 Å². The average molecular weight is 408 g/mol. The molecule has 29 heavy (non-hydrogen) atoms. The highest BCUT2D eigenvalue weighted by Crippen LogP contribution is 2.29. The van der Waals surface area contributed by atoms with Crippen LogP contribution < -0.4 is 15.4 Å². The van der Waals surface area contributed by atoms with E-state index >= 15 is 0 Å². The fraction of sp³-hybridized carbons (Fsp3) is 0.304. The summed E-state index contributed by atoms with van der Waals surface area (Å²) in [7, 11) is 1.65. The quantitative estimate of drug-likeness (QED) is 0.520. The monoisotopic (exact) mass is 407 g/mol. The first-order valence-corrected chi connectivity index (χ1v) is 10.9. The Kier molecular flexibility index (Phi) is 6.10. The van der Waals surface area contributed by atoms with E-state index in [-0.39, 0.29) is 11.8 Å². The molecule has 3 aromatic rings. The fourth-order valence-corrected chi connectivity index (χ4v) is 4.36. The number of methoxy groups -OCH3 is 1. The zero-order chi connectivity index (χ0) is 20.1. The molecule has 1 saturated carbocycles. The number of benzene rings is 2. The van der Waals surface area contributed by atoms with Crippen LogP contribution in [0, 0.1) is 5.92 Å². The lowest BCUT2D eigenvalue weighted by Crippen LogP contribution is -2.24. The van der Waals surface area contributed by atoms with E-state index in [1.165, 1.54) is 6.42 Å². The minimum atomic E-state index is 0.149. The molecule has 4 rings (SSSR count). The highest BCUT2D eigenvalue weighted by molar-refractivity contribution is 7.14. The van der Waals surface area contributed by atoms with Crippen molar-refractivity contribution in [2.45, 2.75) is 32.1 Å². The number of carbonyl (C=O) groups excluding carboxylic acids is 1. The van der Waals surface area contributed by atoms with Crippen molar-refractivity contribution in [3.8, 4) is 17.0 Å². The molecule has 1 aliphatic carbocycles. The highest BCUT2D eigenvalue weighted by atomic mass is 32.1. The summed E-state index contributed by atoms with van der Waals surface area (Å²) >= 11 is 1.55. The zero-order valence-electron chi connectivity index (χ0n) is 16.5. The van der Waals surface area contributed by atoms with Crippen molar-refractivity contribution in [2.24, 2.45) is 5.92 Å². The normalized spacial score (nSPS) is 14.4. The maximum atomic E-state index is 12.4. The van der Waals surface area contributed by atoms with Crippen molar-refractivity contribution in [3.63, 3.8) is 0 Å². The number of carbonyl (C=O) groups is 1. The molecule has 0 bridgehead atoms. The number of rotatable bonds is 6. The lowest BCUT2D eigenvalue weighted by molar-refractivity contribution is -0.120. The molecular weight excluding hydrogens is 382 g/mol. The number of ether oxygens (including phenoxy) is 1. The molecule has 0 unspecified atom stereocenters. The Labute approximate surface area is 175 Å². The van der Waals surface area contributed by atoms with Gasteiger partial charge in [-0.15, -0.1) is 11.3 Å². The minimum absolute atomic E-state index is 0.149. The Morgan fingerprint density at radius 1 is 1.07 bits per heavy atom. The Morgan fingerprint density at radius 3 is 2.62 bits per heavy atom. The van der Waals surface area contributed by atoms with Gasteiger partial charge in [-0.1, -0.05) is 37.5 Å². The molecule has 0 atom stereocenters. The van der Waals surface area contributed by atoms with E-state index in [4.69, 9.17) is 4.74 Å². The van der Waals surface area contributed by atoms with Gasteiger partial charge >= 0.3 is 0 Å². The summed E-state index contributed by atoms with van der Waals surface area (Å²) in [4.78, 5) is 17.1. The molecular formula is C23H25N3O2S. The molecule has 0 spiro atoms. The van der Waals surface area contributed by atoms with Crippen LogP contribution in [0.1, 0.15) is 32.1 Å². The first-order valence-electron chi connectivity index (χ1n) is 9.99. The summed E-state index contributed by atoms with van der Waals surface area (Å²) in [5.74, 6) is 1.11. The first kappa shape index (κ1) is 19.5. The predicted molar refractivity (Wildman–Crippen MR) is 119 cm³/mol. The van der Waals surface area contributed by atoms with E-state index in [0.717, 1.165) is 59.2 Å². The SMILES string of the molecule is COc1cccc(Nc2nc(-c3ccc(NC(=O)C4CCCCC4)cc3)cs2)c1. The molecule has 0 aliphatic heterocycles. The number of anilines is 3. The third-order valence-electron chi connectivity index (χ3n) is 5.25. The Balaban J connectivity index is 1.39. The largest absolute Gasteiger partial charge is 0.497 e. The average Bonchev–Trinajstić information content (AvgIpc) is 3.23. The second-order valence-corrected chi connectivity index (χ2v) is 8.15. The Hall–Kier alpha value is -2.86. The molecule has 0 radical (unpaired) electrons. The van der Waals surface area contributed by atoms with Gasteiger partial charge in [-0.3, -0.25) is 4.79 Å². The van der Waals surface area contributed by atoms with Gasteiger partial charge in [-0.05, 0) is 37.1 Å². The number of amides is 1. The van der Waals surface area contributed by atoms with Crippen LogP contribution >= 0.6 is 11.3 Å². The molecule has 1 heterocycles. The van der Waals surface area contributed by atoms with Crippen LogP contribution in [0.3, 0.4) is 0 Å². The molecule has 1 aliphatic rings. The molecule has 2 aromatic carbocycles. The molecule has 6 heteroatoms. The second-order valence-electron chi connectivity index (χ2n) is 7.30.